The zero-order valence-electron chi connectivity index (χ0n) is 16.9. The van der Waals surface area contributed by atoms with E-state index in [1.54, 1.807) is 31.2 Å². The average molecular weight is 426 g/mol. The number of benzene rings is 2. The molecule has 0 saturated heterocycles. The first-order chi connectivity index (χ1) is 14.3. The van der Waals surface area contributed by atoms with Gasteiger partial charge in [0.15, 0.2) is 0 Å². The van der Waals surface area contributed by atoms with E-state index in [4.69, 9.17) is 11.6 Å². The van der Waals surface area contributed by atoms with Crippen LogP contribution in [0.1, 0.15) is 31.4 Å². The molecule has 0 spiro atoms. The second-order valence-electron chi connectivity index (χ2n) is 7.32. The van der Waals surface area contributed by atoms with E-state index >= 15 is 0 Å². The van der Waals surface area contributed by atoms with Gasteiger partial charge >= 0.3 is 11.9 Å². The highest BCUT2D eigenvalue weighted by Crippen LogP contribution is 2.39. The van der Waals surface area contributed by atoms with Gasteiger partial charge in [0, 0.05) is 22.8 Å². The molecule has 1 aliphatic rings. The molecule has 1 atom stereocenters. The van der Waals surface area contributed by atoms with Gasteiger partial charge in [0.05, 0.1) is 17.2 Å². The van der Waals surface area contributed by atoms with Crippen LogP contribution in [0.25, 0.3) is 5.57 Å². The van der Waals surface area contributed by atoms with Crippen molar-refractivity contribution in [3.8, 4) is 0 Å². The molecule has 5 nitrogen and oxygen atoms in total. The molecule has 0 saturated carbocycles. The second-order valence-corrected chi connectivity index (χ2v) is 7.76. The van der Waals surface area contributed by atoms with E-state index in [-0.39, 0.29) is 16.7 Å². The zero-order chi connectivity index (χ0) is 21.8. The SMILES string of the molecule is CC1=C(C(=O)O)C(c2ccc(Cl)cc2)=C(C(=O)O)C(C)N1CCCc1ccccc1. The Balaban J connectivity index is 1.99. The number of hydrogen-bond acceptors (Lipinski definition) is 3. The Morgan fingerprint density at radius 2 is 1.63 bits per heavy atom. The molecule has 0 bridgehead atoms. The molecule has 2 aromatic rings. The highest BCUT2D eigenvalue weighted by atomic mass is 35.5. The van der Waals surface area contributed by atoms with Crippen LogP contribution in [0.4, 0.5) is 0 Å². The van der Waals surface area contributed by atoms with Gasteiger partial charge in [-0.1, -0.05) is 54.1 Å². The van der Waals surface area contributed by atoms with Gasteiger partial charge in [0.2, 0.25) is 0 Å². The largest absolute Gasteiger partial charge is 0.478 e. The molecule has 6 heteroatoms. The maximum Gasteiger partial charge on any atom is 0.338 e. The minimum Gasteiger partial charge on any atom is -0.478 e. The summed E-state index contributed by atoms with van der Waals surface area (Å²) < 4.78 is 0. The third-order valence-electron chi connectivity index (χ3n) is 5.48. The highest BCUT2D eigenvalue weighted by Gasteiger charge is 2.37. The van der Waals surface area contributed by atoms with Crippen LogP contribution in [-0.4, -0.2) is 39.6 Å². The number of aryl methyl sites for hydroxylation is 1. The Morgan fingerprint density at radius 3 is 2.20 bits per heavy atom. The molecule has 1 unspecified atom stereocenters. The first-order valence-corrected chi connectivity index (χ1v) is 10.2. The van der Waals surface area contributed by atoms with Crippen LogP contribution in [0.5, 0.6) is 0 Å². The average Bonchev–Trinajstić information content (AvgIpc) is 2.70. The predicted molar refractivity (Wildman–Crippen MR) is 117 cm³/mol. The van der Waals surface area contributed by atoms with E-state index in [0.29, 0.717) is 22.8 Å². The number of halogens is 1. The van der Waals surface area contributed by atoms with Crippen molar-refractivity contribution in [3.05, 3.63) is 87.6 Å². The Labute approximate surface area is 180 Å². The van der Waals surface area contributed by atoms with Gasteiger partial charge in [0.1, 0.15) is 0 Å². The molecule has 1 heterocycles. The summed E-state index contributed by atoms with van der Waals surface area (Å²) in [6.07, 6.45) is 1.61. The number of carboxylic acids is 2. The van der Waals surface area contributed by atoms with E-state index < -0.39 is 18.0 Å². The minimum atomic E-state index is -1.14. The molecular formula is C24H24ClNO4. The van der Waals surface area contributed by atoms with Gasteiger partial charge in [-0.15, -0.1) is 0 Å². The van der Waals surface area contributed by atoms with Crippen LogP contribution in [0, 0.1) is 0 Å². The van der Waals surface area contributed by atoms with Crippen molar-refractivity contribution < 1.29 is 19.8 Å². The number of allylic oxidation sites excluding steroid dienone is 1. The molecule has 0 amide bonds. The van der Waals surface area contributed by atoms with Crippen LogP contribution in [0.15, 0.2) is 71.4 Å². The third kappa shape index (κ3) is 4.41. The number of carboxylic acid groups (broad SMARTS) is 2. The highest BCUT2D eigenvalue weighted by molar-refractivity contribution is 6.30. The summed E-state index contributed by atoms with van der Waals surface area (Å²) >= 11 is 5.97. The smallest absolute Gasteiger partial charge is 0.338 e. The van der Waals surface area contributed by atoms with E-state index in [0.717, 1.165) is 12.8 Å². The molecule has 0 radical (unpaired) electrons. The van der Waals surface area contributed by atoms with Crippen molar-refractivity contribution in [2.45, 2.75) is 32.7 Å². The van der Waals surface area contributed by atoms with Crippen molar-refractivity contribution >= 4 is 29.1 Å². The maximum atomic E-state index is 12.2. The molecule has 0 aliphatic carbocycles. The summed E-state index contributed by atoms with van der Waals surface area (Å²) in [5.41, 5.74) is 2.64. The lowest BCUT2D eigenvalue weighted by Crippen LogP contribution is -2.41. The summed E-state index contributed by atoms with van der Waals surface area (Å²) in [7, 11) is 0. The molecule has 0 aromatic heterocycles. The summed E-state index contributed by atoms with van der Waals surface area (Å²) in [6.45, 7) is 4.12. The first kappa shape index (κ1) is 21.7. The summed E-state index contributed by atoms with van der Waals surface area (Å²) in [5, 5.41) is 20.4. The van der Waals surface area contributed by atoms with Crippen LogP contribution >= 0.6 is 11.6 Å². The molecular weight excluding hydrogens is 402 g/mol. The van der Waals surface area contributed by atoms with Gasteiger partial charge in [-0.2, -0.15) is 0 Å². The fourth-order valence-electron chi connectivity index (χ4n) is 4.04. The molecule has 2 aromatic carbocycles. The first-order valence-electron chi connectivity index (χ1n) is 9.79. The summed E-state index contributed by atoms with van der Waals surface area (Å²) in [6, 6.07) is 16.1. The normalized spacial score (nSPS) is 16.8. The molecule has 0 fully saturated rings. The second kappa shape index (κ2) is 9.18. The Hall–Kier alpha value is -3.05. The minimum absolute atomic E-state index is 0.0209. The van der Waals surface area contributed by atoms with Crippen molar-refractivity contribution in [1.29, 1.82) is 0 Å². The topological polar surface area (TPSA) is 77.8 Å². The number of nitrogens with zero attached hydrogens (tertiary/aromatic N) is 1. The Morgan fingerprint density at radius 1 is 1.00 bits per heavy atom. The molecule has 2 N–H and O–H groups in total. The fraction of sp³-hybridized carbons (Fsp3) is 0.250. The van der Waals surface area contributed by atoms with E-state index in [1.807, 2.05) is 42.2 Å². The summed E-state index contributed by atoms with van der Waals surface area (Å²) in [4.78, 5) is 26.3. The molecule has 1 aliphatic heterocycles. The lowest BCUT2D eigenvalue weighted by atomic mass is 9.84. The van der Waals surface area contributed by atoms with Crippen LogP contribution in [0.2, 0.25) is 5.02 Å². The molecule has 30 heavy (non-hydrogen) atoms. The number of rotatable bonds is 7. The molecule has 3 rings (SSSR count). The quantitative estimate of drug-likeness (QED) is 0.661. The Kier molecular flexibility index (Phi) is 6.63. The zero-order valence-corrected chi connectivity index (χ0v) is 17.7. The van der Waals surface area contributed by atoms with Crippen molar-refractivity contribution in [3.63, 3.8) is 0 Å². The number of hydrogen-bond donors (Lipinski definition) is 2. The van der Waals surface area contributed by atoms with Crippen molar-refractivity contribution in [1.82, 2.24) is 4.90 Å². The monoisotopic (exact) mass is 425 g/mol. The standard InChI is InChI=1S/C24H24ClNO4/c1-15-20(23(27)28)22(18-10-12-19(25)13-11-18)21(24(29)30)16(2)26(15)14-6-9-17-7-4-3-5-8-17/h3-5,7-8,10-13,15H,6,9,14H2,1-2H3,(H,27,28)(H,29,30). The van der Waals surface area contributed by atoms with Crippen molar-refractivity contribution in [2.75, 3.05) is 6.54 Å². The van der Waals surface area contributed by atoms with Crippen LogP contribution < -0.4 is 0 Å². The third-order valence-corrected chi connectivity index (χ3v) is 5.73. The van der Waals surface area contributed by atoms with Gasteiger partial charge in [-0.05, 0) is 49.9 Å². The van der Waals surface area contributed by atoms with E-state index in [2.05, 4.69) is 0 Å². The predicted octanol–water partition coefficient (Wildman–Crippen LogP) is 4.87. The van der Waals surface area contributed by atoms with Crippen molar-refractivity contribution in [2.24, 2.45) is 0 Å². The molecule has 156 valence electrons. The van der Waals surface area contributed by atoms with Gasteiger partial charge < -0.3 is 15.1 Å². The van der Waals surface area contributed by atoms with E-state index in [1.165, 1.54) is 5.56 Å². The van der Waals surface area contributed by atoms with Gasteiger partial charge in [-0.25, -0.2) is 9.59 Å². The lowest BCUT2D eigenvalue weighted by molar-refractivity contribution is -0.133. The Bertz CT molecular complexity index is 1010. The maximum absolute atomic E-state index is 12.2. The number of carbonyl (C=O) groups is 2. The van der Waals surface area contributed by atoms with Gasteiger partial charge in [0.25, 0.3) is 0 Å². The van der Waals surface area contributed by atoms with Crippen LogP contribution in [0.3, 0.4) is 0 Å². The lowest BCUT2D eigenvalue weighted by Gasteiger charge is -2.38. The van der Waals surface area contributed by atoms with Crippen LogP contribution in [-0.2, 0) is 16.0 Å². The number of aliphatic carboxylic acids is 2. The fourth-order valence-corrected chi connectivity index (χ4v) is 4.16. The van der Waals surface area contributed by atoms with Gasteiger partial charge in [-0.3, -0.25) is 0 Å². The summed E-state index contributed by atoms with van der Waals surface area (Å²) in [5.74, 6) is -2.26. The van der Waals surface area contributed by atoms with E-state index in [9.17, 15) is 19.8 Å².